The lowest BCUT2D eigenvalue weighted by Crippen LogP contribution is -2.57. The number of hydrogen-bond acceptors (Lipinski definition) is 8. The lowest BCUT2D eigenvalue weighted by atomic mass is 10.0. The van der Waals surface area contributed by atoms with Crippen molar-refractivity contribution < 1.29 is 33.9 Å². The Kier molecular flexibility index (Phi) is 24.7. The molecule has 45 heavy (non-hydrogen) atoms. The van der Waals surface area contributed by atoms with Gasteiger partial charge in [-0.3, -0.25) is 19.2 Å². The lowest BCUT2D eigenvalue weighted by molar-refractivity contribution is -0.142. The van der Waals surface area contributed by atoms with E-state index in [-0.39, 0.29) is 36.5 Å². The zero-order chi connectivity index (χ0) is 34.0. The van der Waals surface area contributed by atoms with Crippen molar-refractivity contribution in [3.8, 4) is 0 Å². The molecular weight excluding hydrogens is 600 g/mol. The molecule has 0 radical (unpaired) electrons. The van der Waals surface area contributed by atoms with Crippen molar-refractivity contribution in [2.45, 2.75) is 116 Å². The highest BCUT2D eigenvalue weighted by molar-refractivity contribution is 7.98. The van der Waals surface area contributed by atoms with E-state index in [0.717, 1.165) is 32.2 Å². The SMILES string of the molecule is CCCC(=O)CCCCCNC(=O)NCCCC[C@H](NC(=O)[C@@H](NC(=O)[C@H](CCSC)NC(=O)CCNCC)C(C)C)C(=O)O. The van der Waals surface area contributed by atoms with Gasteiger partial charge in [0.2, 0.25) is 17.7 Å². The fourth-order valence-corrected chi connectivity index (χ4v) is 4.90. The van der Waals surface area contributed by atoms with Crippen LogP contribution in [0.3, 0.4) is 0 Å². The van der Waals surface area contributed by atoms with Crippen LogP contribution in [0.5, 0.6) is 0 Å². The van der Waals surface area contributed by atoms with Gasteiger partial charge >= 0.3 is 12.0 Å². The van der Waals surface area contributed by atoms with Gasteiger partial charge in [0, 0.05) is 38.9 Å². The Balaban J connectivity index is 4.70. The standard InChI is InChI=1S/C31H58N6O7S/c1-6-13-23(38)14-9-8-11-18-33-31(44)34-19-12-10-15-25(30(42)43)36-29(41)27(22(3)4)37-28(40)24(17-21-45-5)35-26(39)16-20-32-7-2/h22,24-25,27,32H,6-21H2,1-5H3,(H,35,39)(H,36,41)(H,37,40)(H,42,43)(H2,33,34,44)/t24-,25-,27-/m0/s1. The number of carboxylic acid groups (broad SMARTS) is 1. The molecular formula is C31H58N6O7S. The van der Waals surface area contributed by atoms with Gasteiger partial charge in [-0.05, 0) is 69.4 Å². The van der Waals surface area contributed by atoms with E-state index >= 15 is 0 Å². The second-order valence-corrected chi connectivity index (χ2v) is 12.4. The van der Waals surface area contributed by atoms with Crippen molar-refractivity contribution in [2.75, 3.05) is 38.2 Å². The number of urea groups is 1. The van der Waals surface area contributed by atoms with E-state index in [4.69, 9.17) is 0 Å². The maximum atomic E-state index is 13.1. The summed E-state index contributed by atoms with van der Waals surface area (Å²) in [5, 5.41) is 26.3. The Labute approximate surface area is 273 Å². The molecule has 0 aromatic carbocycles. The summed E-state index contributed by atoms with van der Waals surface area (Å²) in [6.45, 7) is 9.48. The van der Waals surface area contributed by atoms with Crippen LogP contribution in [0.2, 0.25) is 0 Å². The number of rotatable bonds is 27. The zero-order valence-electron chi connectivity index (χ0n) is 27.9. The van der Waals surface area contributed by atoms with Crippen LogP contribution < -0.4 is 31.9 Å². The predicted octanol–water partition coefficient (Wildman–Crippen LogP) is 2.33. The third-order valence-corrected chi connectivity index (χ3v) is 7.70. The van der Waals surface area contributed by atoms with E-state index in [9.17, 15) is 33.9 Å². The molecule has 3 atom stereocenters. The second-order valence-electron chi connectivity index (χ2n) is 11.4. The van der Waals surface area contributed by atoms with Crippen LogP contribution in [-0.4, -0.2) is 96.9 Å². The van der Waals surface area contributed by atoms with E-state index in [1.807, 2.05) is 20.1 Å². The summed E-state index contributed by atoms with van der Waals surface area (Å²) in [6.07, 6.45) is 8.15. The topological polar surface area (TPSA) is 195 Å². The van der Waals surface area contributed by atoms with E-state index < -0.39 is 35.9 Å². The summed E-state index contributed by atoms with van der Waals surface area (Å²) in [6, 6.07) is -3.27. The molecule has 0 fully saturated rings. The molecule has 260 valence electrons. The third kappa shape index (κ3) is 21.5. The van der Waals surface area contributed by atoms with Crippen molar-refractivity contribution >= 4 is 47.3 Å². The number of carbonyl (C=O) groups excluding carboxylic acids is 5. The molecule has 0 saturated carbocycles. The number of ketones is 1. The van der Waals surface area contributed by atoms with Gasteiger partial charge in [0.05, 0.1) is 0 Å². The maximum Gasteiger partial charge on any atom is 0.326 e. The minimum Gasteiger partial charge on any atom is -0.480 e. The van der Waals surface area contributed by atoms with Crippen LogP contribution in [0.4, 0.5) is 4.79 Å². The number of amides is 5. The van der Waals surface area contributed by atoms with E-state index in [1.54, 1.807) is 13.8 Å². The van der Waals surface area contributed by atoms with Crippen LogP contribution in [0.15, 0.2) is 0 Å². The molecule has 0 aliphatic carbocycles. The van der Waals surface area contributed by atoms with Gasteiger partial charge in [-0.1, -0.05) is 34.1 Å². The van der Waals surface area contributed by atoms with Crippen LogP contribution in [0.1, 0.15) is 98.3 Å². The van der Waals surface area contributed by atoms with Crippen LogP contribution in [0.25, 0.3) is 0 Å². The number of aliphatic carboxylic acids is 1. The van der Waals surface area contributed by atoms with Crippen molar-refractivity contribution in [3.63, 3.8) is 0 Å². The molecule has 14 heteroatoms. The molecule has 0 aromatic heterocycles. The van der Waals surface area contributed by atoms with Gasteiger partial charge in [0.25, 0.3) is 0 Å². The summed E-state index contributed by atoms with van der Waals surface area (Å²) < 4.78 is 0. The molecule has 0 heterocycles. The first-order chi connectivity index (χ1) is 21.5. The van der Waals surface area contributed by atoms with Crippen molar-refractivity contribution in [2.24, 2.45) is 5.92 Å². The summed E-state index contributed by atoms with van der Waals surface area (Å²) in [7, 11) is 0. The Bertz CT molecular complexity index is 906. The number of unbranched alkanes of at least 4 members (excludes halogenated alkanes) is 3. The summed E-state index contributed by atoms with van der Waals surface area (Å²) in [5.41, 5.74) is 0. The first kappa shape index (κ1) is 42.1. The minimum absolute atomic E-state index is 0.151. The Morgan fingerprint density at radius 2 is 1.38 bits per heavy atom. The number of Topliss-reactive ketones (excluding diaryl/α,β-unsaturated/α-hetero) is 1. The summed E-state index contributed by atoms with van der Waals surface area (Å²) in [5.74, 6) is -1.99. The van der Waals surface area contributed by atoms with E-state index in [1.165, 1.54) is 11.8 Å². The largest absolute Gasteiger partial charge is 0.480 e. The minimum atomic E-state index is -1.19. The highest BCUT2D eigenvalue weighted by Crippen LogP contribution is 2.09. The average molecular weight is 659 g/mol. The number of thioether (sulfide) groups is 1. The van der Waals surface area contributed by atoms with Gasteiger partial charge in [-0.25, -0.2) is 9.59 Å². The van der Waals surface area contributed by atoms with Gasteiger partial charge < -0.3 is 37.0 Å². The monoisotopic (exact) mass is 658 g/mol. The highest BCUT2D eigenvalue weighted by Gasteiger charge is 2.31. The fourth-order valence-electron chi connectivity index (χ4n) is 4.42. The summed E-state index contributed by atoms with van der Waals surface area (Å²) in [4.78, 5) is 74.0. The number of hydrogen-bond donors (Lipinski definition) is 7. The number of carboxylic acids is 1. The molecule has 0 bridgehead atoms. The molecule has 13 nitrogen and oxygen atoms in total. The van der Waals surface area contributed by atoms with Crippen LogP contribution in [0, 0.1) is 5.92 Å². The molecule has 0 rings (SSSR count). The number of carbonyl (C=O) groups is 6. The Morgan fingerprint density at radius 3 is 1.96 bits per heavy atom. The highest BCUT2D eigenvalue weighted by atomic mass is 32.2. The van der Waals surface area contributed by atoms with E-state index in [2.05, 4.69) is 31.9 Å². The Hall–Kier alpha value is -2.87. The molecule has 0 aromatic rings. The second kappa shape index (κ2) is 26.4. The average Bonchev–Trinajstić information content (AvgIpc) is 2.98. The normalized spacial score (nSPS) is 12.9. The molecule has 0 aliphatic rings. The van der Waals surface area contributed by atoms with Crippen LogP contribution in [-0.2, 0) is 24.0 Å². The van der Waals surface area contributed by atoms with Gasteiger partial charge in [0.15, 0.2) is 0 Å². The smallest absolute Gasteiger partial charge is 0.326 e. The predicted molar refractivity (Wildman–Crippen MR) is 178 cm³/mol. The summed E-state index contributed by atoms with van der Waals surface area (Å²) >= 11 is 1.53. The zero-order valence-corrected chi connectivity index (χ0v) is 28.7. The van der Waals surface area contributed by atoms with Crippen molar-refractivity contribution in [3.05, 3.63) is 0 Å². The first-order valence-electron chi connectivity index (χ1n) is 16.3. The fraction of sp³-hybridized carbons (Fsp3) is 0.806. The quantitative estimate of drug-likeness (QED) is 0.0649. The Morgan fingerprint density at radius 1 is 0.711 bits per heavy atom. The number of nitrogens with one attached hydrogen (secondary N) is 6. The van der Waals surface area contributed by atoms with Crippen molar-refractivity contribution in [1.82, 2.24) is 31.9 Å². The molecule has 5 amide bonds. The molecule has 7 N–H and O–H groups in total. The maximum absolute atomic E-state index is 13.1. The van der Waals surface area contributed by atoms with Crippen LogP contribution >= 0.6 is 11.8 Å². The van der Waals surface area contributed by atoms with E-state index in [0.29, 0.717) is 57.5 Å². The molecule has 0 saturated heterocycles. The molecule has 0 aliphatic heterocycles. The third-order valence-electron chi connectivity index (χ3n) is 7.05. The molecule has 0 spiro atoms. The first-order valence-corrected chi connectivity index (χ1v) is 17.7. The lowest BCUT2D eigenvalue weighted by Gasteiger charge is -2.26. The van der Waals surface area contributed by atoms with Crippen molar-refractivity contribution in [1.29, 1.82) is 0 Å². The van der Waals surface area contributed by atoms with Gasteiger partial charge in [-0.15, -0.1) is 0 Å². The molecule has 0 unspecified atom stereocenters. The van der Waals surface area contributed by atoms with Gasteiger partial charge in [0.1, 0.15) is 23.9 Å². The van der Waals surface area contributed by atoms with Gasteiger partial charge in [-0.2, -0.15) is 11.8 Å².